The van der Waals surface area contributed by atoms with Crippen molar-refractivity contribution in [1.29, 1.82) is 0 Å². The number of aliphatic hydroxyl groups is 1. The second-order valence-corrected chi connectivity index (χ2v) is 4.72. The van der Waals surface area contributed by atoms with E-state index in [9.17, 15) is 9.90 Å². The first-order valence-electron chi connectivity index (χ1n) is 4.85. The minimum absolute atomic E-state index is 0.0683. The Morgan fingerprint density at radius 3 is 2.23 bits per heavy atom. The Hall–Kier alpha value is -0.570. The molecule has 76 valence electrons. The molecule has 0 aromatic rings. The zero-order valence-corrected chi connectivity index (χ0v) is 8.87. The molecule has 0 bridgehead atoms. The summed E-state index contributed by atoms with van der Waals surface area (Å²) in [6.45, 7) is 7.42. The van der Waals surface area contributed by atoms with Gasteiger partial charge in [-0.1, -0.05) is 0 Å². The van der Waals surface area contributed by atoms with Crippen molar-refractivity contribution in [3.63, 3.8) is 0 Å². The Labute approximate surface area is 79.7 Å². The van der Waals surface area contributed by atoms with Crippen LogP contribution in [0, 0.1) is 0 Å². The fourth-order valence-corrected chi connectivity index (χ4v) is 1.97. The van der Waals surface area contributed by atoms with E-state index >= 15 is 0 Å². The van der Waals surface area contributed by atoms with Gasteiger partial charge in [-0.25, -0.2) is 0 Å². The monoisotopic (exact) mass is 185 g/mol. The van der Waals surface area contributed by atoms with Gasteiger partial charge in [-0.15, -0.1) is 0 Å². The van der Waals surface area contributed by atoms with E-state index < -0.39 is 5.60 Å². The summed E-state index contributed by atoms with van der Waals surface area (Å²) in [5, 5.41) is 9.48. The summed E-state index contributed by atoms with van der Waals surface area (Å²) in [5.41, 5.74) is -0.883. The van der Waals surface area contributed by atoms with Crippen LogP contribution >= 0.6 is 0 Å². The van der Waals surface area contributed by atoms with E-state index in [0.29, 0.717) is 12.1 Å². The van der Waals surface area contributed by atoms with Crippen LogP contribution in [-0.4, -0.2) is 33.6 Å². The summed E-state index contributed by atoms with van der Waals surface area (Å²) in [7, 11) is 0. The van der Waals surface area contributed by atoms with Crippen LogP contribution in [0.25, 0.3) is 0 Å². The topological polar surface area (TPSA) is 40.5 Å². The Bertz CT molecular complexity index is 199. The second-order valence-electron chi connectivity index (χ2n) is 4.72. The lowest BCUT2D eigenvalue weighted by Crippen LogP contribution is -2.56. The highest BCUT2D eigenvalue weighted by Crippen LogP contribution is 2.26. The van der Waals surface area contributed by atoms with E-state index in [-0.39, 0.29) is 12.3 Å². The van der Waals surface area contributed by atoms with Crippen LogP contribution < -0.4 is 0 Å². The van der Waals surface area contributed by atoms with Crippen LogP contribution in [0.3, 0.4) is 0 Å². The molecule has 1 rings (SSSR count). The summed E-state index contributed by atoms with van der Waals surface area (Å²) < 4.78 is 0. The fourth-order valence-electron chi connectivity index (χ4n) is 1.97. The van der Waals surface area contributed by atoms with Gasteiger partial charge in [0.25, 0.3) is 0 Å². The number of carbonyl (C=O) groups excluding carboxylic acids is 1. The number of amides is 1. The summed E-state index contributed by atoms with van der Waals surface area (Å²) in [5.74, 6) is 0.0683. The van der Waals surface area contributed by atoms with Crippen LogP contribution in [0.2, 0.25) is 0 Å². The summed E-state index contributed by atoms with van der Waals surface area (Å²) >= 11 is 0. The Morgan fingerprint density at radius 1 is 1.46 bits per heavy atom. The highest BCUT2D eigenvalue weighted by Gasteiger charge is 2.36. The highest BCUT2D eigenvalue weighted by molar-refractivity contribution is 5.78. The highest BCUT2D eigenvalue weighted by atomic mass is 16.3. The largest absolute Gasteiger partial charge is 0.390 e. The van der Waals surface area contributed by atoms with Crippen molar-refractivity contribution in [1.82, 2.24) is 4.90 Å². The molecule has 3 nitrogen and oxygen atoms in total. The third-order valence-electron chi connectivity index (χ3n) is 2.50. The van der Waals surface area contributed by atoms with Crippen LogP contribution in [0.15, 0.2) is 0 Å². The van der Waals surface area contributed by atoms with Crippen molar-refractivity contribution in [3.05, 3.63) is 0 Å². The van der Waals surface area contributed by atoms with Crippen molar-refractivity contribution in [3.8, 4) is 0 Å². The van der Waals surface area contributed by atoms with E-state index in [1.165, 1.54) is 0 Å². The van der Waals surface area contributed by atoms with E-state index in [2.05, 4.69) is 0 Å². The van der Waals surface area contributed by atoms with Gasteiger partial charge in [-0.2, -0.15) is 0 Å². The maximum absolute atomic E-state index is 11.6. The predicted octanol–water partition coefficient (Wildman–Crippen LogP) is 1.16. The molecule has 2 unspecified atom stereocenters. The molecule has 1 aliphatic heterocycles. The Balaban J connectivity index is 2.49. The van der Waals surface area contributed by atoms with Crippen LogP contribution in [0.1, 0.15) is 40.5 Å². The molecule has 0 spiro atoms. The van der Waals surface area contributed by atoms with E-state index in [1.54, 1.807) is 13.8 Å². The summed E-state index contributed by atoms with van der Waals surface area (Å²) in [6, 6.07) is 0.703. The molecule has 1 amide bonds. The lowest BCUT2D eigenvalue weighted by Gasteiger charge is -2.46. The quantitative estimate of drug-likeness (QED) is 0.701. The third kappa shape index (κ3) is 2.44. The van der Waals surface area contributed by atoms with E-state index in [4.69, 9.17) is 0 Å². The number of nitrogens with zero attached hydrogens (tertiary/aromatic N) is 1. The SMILES string of the molecule is CC1CC(C)N1C(=O)CC(C)(C)O. The minimum Gasteiger partial charge on any atom is -0.390 e. The zero-order chi connectivity index (χ0) is 10.2. The normalized spacial score (nSPS) is 28.5. The average Bonchev–Trinajstić information content (AvgIpc) is 1.80. The van der Waals surface area contributed by atoms with E-state index in [1.807, 2.05) is 18.7 Å². The molecule has 13 heavy (non-hydrogen) atoms. The molecule has 1 saturated heterocycles. The summed E-state index contributed by atoms with van der Waals surface area (Å²) in [6.07, 6.45) is 1.30. The Kier molecular flexibility index (Phi) is 2.66. The fraction of sp³-hybridized carbons (Fsp3) is 0.900. The lowest BCUT2D eigenvalue weighted by atomic mass is 9.93. The van der Waals surface area contributed by atoms with Crippen LogP contribution in [0.5, 0.6) is 0 Å². The molecular formula is C10H19NO2. The first kappa shape index (κ1) is 10.5. The van der Waals surface area contributed by atoms with Crippen LogP contribution in [0.4, 0.5) is 0 Å². The van der Waals surface area contributed by atoms with Crippen LogP contribution in [-0.2, 0) is 4.79 Å². The van der Waals surface area contributed by atoms with Crippen molar-refractivity contribution in [2.24, 2.45) is 0 Å². The van der Waals surface area contributed by atoms with Gasteiger partial charge in [-0.05, 0) is 34.1 Å². The molecular weight excluding hydrogens is 166 g/mol. The third-order valence-corrected chi connectivity index (χ3v) is 2.50. The van der Waals surface area contributed by atoms with Gasteiger partial charge in [-0.3, -0.25) is 4.79 Å². The van der Waals surface area contributed by atoms with Gasteiger partial charge in [0.05, 0.1) is 12.0 Å². The molecule has 1 N–H and O–H groups in total. The molecule has 1 fully saturated rings. The smallest absolute Gasteiger partial charge is 0.225 e. The molecule has 0 aliphatic carbocycles. The molecule has 2 atom stereocenters. The van der Waals surface area contributed by atoms with Gasteiger partial charge in [0.15, 0.2) is 0 Å². The zero-order valence-electron chi connectivity index (χ0n) is 8.87. The van der Waals surface area contributed by atoms with Gasteiger partial charge in [0.1, 0.15) is 0 Å². The number of rotatable bonds is 2. The van der Waals surface area contributed by atoms with Crippen molar-refractivity contribution < 1.29 is 9.90 Å². The van der Waals surface area contributed by atoms with Gasteiger partial charge >= 0.3 is 0 Å². The second kappa shape index (κ2) is 3.29. The molecule has 0 radical (unpaired) electrons. The number of carbonyl (C=O) groups is 1. The lowest BCUT2D eigenvalue weighted by molar-refractivity contribution is -0.147. The molecule has 0 aromatic carbocycles. The molecule has 0 saturated carbocycles. The maximum Gasteiger partial charge on any atom is 0.225 e. The molecule has 1 heterocycles. The molecule has 3 heteroatoms. The van der Waals surface area contributed by atoms with Crippen molar-refractivity contribution in [2.75, 3.05) is 0 Å². The maximum atomic E-state index is 11.6. The standard InChI is InChI=1S/C10H19NO2/c1-7-5-8(2)11(7)9(12)6-10(3,4)13/h7-8,13H,5-6H2,1-4H3. The average molecular weight is 185 g/mol. The first-order valence-corrected chi connectivity index (χ1v) is 4.85. The molecule has 1 aliphatic rings. The number of hydrogen-bond acceptors (Lipinski definition) is 2. The minimum atomic E-state index is -0.883. The number of likely N-dealkylation sites (tertiary alicyclic amines) is 1. The van der Waals surface area contributed by atoms with Gasteiger partial charge < -0.3 is 10.0 Å². The van der Waals surface area contributed by atoms with Crippen molar-refractivity contribution >= 4 is 5.91 Å². The summed E-state index contributed by atoms with van der Waals surface area (Å²) in [4.78, 5) is 13.5. The van der Waals surface area contributed by atoms with E-state index in [0.717, 1.165) is 6.42 Å². The van der Waals surface area contributed by atoms with Crippen molar-refractivity contribution in [2.45, 2.75) is 58.2 Å². The molecule has 0 aromatic heterocycles. The number of hydrogen-bond donors (Lipinski definition) is 1. The Morgan fingerprint density at radius 2 is 1.92 bits per heavy atom. The van der Waals surface area contributed by atoms with Gasteiger partial charge in [0, 0.05) is 12.1 Å². The predicted molar refractivity (Wildman–Crippen MR) is 51.3 cm³/mol. The van der Waals surface area contributed by atoms with Gasteiger partial charge in [0.2, 0.25) is 5.91 Å². The first-order chi connectivity index (χ1) is 5.81.